The van der Waals surface area contributed by atoms with E-state index >= 15 is 0 Å². The number of carbonyl (C=O) groups is 3. The molecule has 2 aliphatic carbocycles. The van der Waals surface area contributed by atoms with Gasteiger partial charge in [-0.25, -0.2) is 4.79 Å². The van der Waals surface area contributed by atoms with Gasteiger partial charge in [0.1, 0.15) is 23.9 Å². The SMILES string of the molecule is CC(=O)OC[C@@]1(C)[C@@]2(O)C(=O)CC(C)[C@]23CC(OC(=O)C3O)[C@]1(C)O. The van der Waals surface area contributed by atoms with Gasteiger partial charge >= 0.3 is 11.9 Å². The first-order valence-corrected chi connectivity index (χ1v) is 8.36. The summed E-state index contributed by atoms with van der Waals surface area (Å²) in [6, 6.07) is 0. The molecule has 0 amide bonds. The summed E-state index contributed by atoms with van der Waals surface area (Å²) in [6.45, 7) is 5.19. The zero-order valence-electron chi connectivity index (χ0n) is 14.7. The third kappa shape index (κ3) is 1.80. The van der Waals surface area contributed by atoms with Crippen LogP contribution in [-0.2, 0) is 23.9 Å². The fraction of sp³-hybridized carbons (Fsp3) is 0.824. The minimum Gasteiger partial charge on any atom is -0.465 e. The second-order valence-electron chi connectivity index (χ2n) is 8.07. The third-order valence-corrected chi connectivity index (χ3v) is 7.05. The van der Waals surface area contributed by atoms with Crippen LogP contribution in [0.25, 0.3) is 0 Å². The van der Waals surface area contributed by atoms with Crippen molar-refractivity contribution in [2.75, 3.05) is 6.61 Å². The molecule has 3 unspecified atom stereocenters. The highest BCUT2D eigenvalue weighted by atomic mass is 16.6. The van der Waals surface area contributed by atoms with Gasteiger partial charge in [-0.3, -0.25) is 9.59 Å². The van der Waals surface area contributed by atoms with Gasteiger partial charge < -0.3 is 24.8 Å². The van der Waals surface area contributed by atoms with Crippen LogP contribution in [0.1, 0.15) is 40.5 Å². The maximum atomic E-state index is 12.9. The highest BCUT2D eigenvalue weighted by molar-refractivity contribution is 5.95. The Balaban J connectivity index is 2.26. The molecule has 0 aromatic rings. The number of fused-ring (bicyclic) bond motifs is 1. The zero-order chi connectivity index (χ0) is 19.0. The molecule has 1 spiro atoms. The van der Waals surface area contributed by atoms with Gasteiger partial charge in [0.15, 0.2) is 11.9 Å². The normalized spacial score (nSPS) is 51.7. The smallest absolute Gasteiger partial charge is 0.336 e. The van der Waals surface area contributed by atoms with Gasteiger partial charge in [0.2, 0.25) is 0 Å². The van der Waals surface area contributed by atoms with Crippen LogP contribution in [0.2, 0.25) is 0 Å². The number of ether oxygens (including phenoxy) is 2. The van der Waals surface area contributed by atoms with E-state index in [2.05, 4.69) is 0 Å². The van der Waals surface area contributed by atoms with E-state index in [1.54, 1.807) is 6.92 Å². The van der Waals surface area contributed by atoms with Crippen molar-refractivity contribution in [3.05, 3.63) is 0 Å². The molecule has 8 heteroatoms. The summed E-state index contributed by atoms with van der Waals surface area (Å²) >= 11 is 0. The first-order chi connectivity index (χ1) is 11.4. The van der Waals surface area contributed by atoms with Gasteiger partial charge in [0.25, 0.3) is 0 Å². The van der Waals surface area contributed by atoms with Crippen molar-refractivity contribution >= 4 is 17.7 Å². The third-order valence-electron chi connectivity index (χ3n) is 7.05. The van der Waals surface area contributed by atoms with Crippen LogP contribution >= 0.6 is 0 Å². The zero-order valence-corrected chi connectivity index (χ0v) is 14.7. The molecule has 2 bridgehead atoms. The average Bonchev–Trinajstić information content (AvgIpc) is 2.70. The molecule has 140 valence electrons. The monoisotopic (exact) mass is 356 g/mol. The Kier molecular flexibility index (Phi) is 3.67. The Morgan fingerprint density at radius 1 is 1.32 bits per heavy atom. The molecule has 3 N–H and O–H groups in total. The topological polar surface area (TPSA) is 130 Å². The van der Waals surface area contributed by atoms with Gasteiger partial charge in [-0.1, -0.05) is 13.8 Å². The van der Waals surface area contributed by atoms with E-state index in [1.165, 1.54) is 20.8 Å². The molecule has 1 saturated heterocycles. The molecule has 2 saturated carbocycles. The minimum absolute atomic E-state index is 0.0496. The van der Waals surface area contributed by atoms with Crippen molar-refractivity contribution in [2.45, 2.75) is 63.9 Å². The lowest BCUT2D eigenvalue weighted by Gasteiger charge is -2.66. The summed E-state index contributed by atoms with van der Waals surface area (Å²) in [5.74, 6) is -2.70. The summed E-state index contributed by atoms with van der Waals surface area (Å²) in [6.07, 6.45) is -2.86. The highest BCUT2D eigenvalue weighted by Gasteiger charge is 2.83. The number of hydrogen-bond donors (Lipinski definition) is 3. The second-order valence-corrected chi connectivity index (χ2v) is 8.07. The largest absolute Gasteiger partial charge is 0.465 e. The molecule has 0 aromatic heterocycles. The first-order valence-electron chi connectivity index (χ1n) is 8.36. The summed E-state index contributed by atoms with van der Waals surface area (Å²) < 4.78 is 10.3. The second kappa shape index (κ2) is 5.02. The molecular formula is C17H24O8. The summed E-state index contributed by atoms with van der Waals surface area (Å²) in [7, 11) is 0. The van der Waals surface area contributed by atoms with Gasteiger partial charge in [0, 0.05) is 13.3 Å². The highest BCUT2D eigenvalue weighted by Crippen LogP contribution is 2.68. The van der Waals surface area contributed by atoms with Crippen LogP contribution in [-0.4, -0.2) is 63.1 Å². The van der Waals surface area contributed by atoms with Gasteiger partial charge in [-0.2, -0.15) is 0 Å². The van der Waals surface area contributed by atoms with Crippen LogP contribution in [0.3, 0.4) is 0 Å². The van der Waals surface area contributed by atoms with Crippen molar-refractivity contribution in [3.8, 4) is 0 Å². The molecule has 3 aliphatic rings. The fourth-order valence-corrected chi connectivity index (χ4v) is 5.27. The summed E-state index contributed by atoms with van der Waals surface area (Å²) in [5.41, 5.74) is -7.26. The van der Waals surface area contributed by atoms with Crippen LogP contribution in [0.5, 0.6) is 0 Å². The Morgan fingerprint density at radius 2 is 1.92 bits per heavy atom. The quantitative estimate of drug-likeness (QED) is 0.555. The summed E-state index contributed by atoms with van der Waals surface area (Å²) in [5, 5.41) is 33.4. The molecule has 8 nitrogen and oxygen atoms in total. The number of carbonyl (C=O) groups excluding carboxylic acids is 3. The number of aliphatic hydroxyl groups is 3. The van der Waals surface area contributed by atoms with E-state index in [4.69, 9.17) is 9.47 Å². The molecule has 0 radical (unpaired) electrons. The van der Waals surface area contributed by atoms with Crippen molar-refractivity contribution in [3.63, 3.8) is 0 Å². The fourth-order valence-electron chi connectivity index (χ4n) is 5.27. The Morgan fingerprint density at radius 3 is 2.48 bits per heavy atom. The lowest BCUT2D eigenvalue weighted by molar-refractivity contribution is -0.331. The molecular weight excluding hydrogens is 332 g/mol. The molecule has 3 fully saturated rings. The maximum Gasteiger partial charge on any atom is 0.336 e. The molecule has 1 aliphatic heterocycles. The average molecular weight is 356 g/mol. The van der Waals surface area contributed by atoms with E-state index in [0.717, 1.165) is 0 Å². The molecule has 0 aromatic carbocycles. The lowest BCUT2D eigenvalue weighted by atomic mass is 9.43. The summed E-state index contributed by atoms with van der Waals surface area (Å²) in [4.78, 5) is 36.4. The number of aliphatic hydroxyl groups excluding tert-OH is 1. The Hall–Kier alpha value is -1.51. The van der Waals surface area contributed by atoms with E-state index in [9.17, 15) is 29.7 Å². The van der Waals surface area contributed by atoms with E-state index < -0.39 is 64.5 Å². The van der Waals surface area contributed by atoms with Crippen molar-refractivity contribution in [1.82, 2.24) is 0 Å². The van der Waals surface area contributed by atoms with Crippen LogP contribution < -0.4 is 0 Å². The standard InChI is InChI=1S/C17H24O8/c1-8-5-10(19)17(23)14(3,7-24-9(2)18)15(4,22)11-6-16(8,17)12(20)13(21)25-11/h8,11-12,20,22-23H,5-7H2,1-4H3/t8?,11?,12?,14-,15+,16+,17+/m1/s1. The van der Waals surface area contributed by atoms with E-state index in [-0.39, 0.29) is 12.8 Å². The Bertz CT molecular complexity index is 657. The van der Waals surface area contributed by atoms with Gasteiger partial charge in [-0.05, 0) is 19.3 Å². The molecule has 1 heterocycles. The Labute approximate surface area is 145 Å². The molecule has 7 atom stereocenters. The van der Waals surface area contributed by atoms with E-state index in [1.807, 2.05) is 0 Å². The minimum atomic E-state index is -2.24. The number of ketones is 1. The van der Waals surface area contributed by atoms with Crippen molar-refractivity contribution in [1.29, 1.82) is 0 Å². The van der Waals surface area contributed by atoms with E-state index in [0.29, 0.717) is 0 Å². The number of hydrogen-bond acceptors (Lipinski definition) is 8. The predicted octanol–water partition coefficient (Wildman–Crippen LogP) is -0.677. The van der Waals surface area contributed by atoms with Gasteiger partial charge in [0.05, 0.1) is 10.8 Å². The molecule has 3 rings (SSSR count). The number of rotatable bonds is 2. The maximum absolute atomic E-state index is 12.9. The van der Waals surface area contributed by atoms with Gasteiger partial charge in [-0.15, -0.1) is 0 Å². The van der Waals surface area contributed by atoms with Crippen LogP contribution in [0.15, 0.2) is 0 Å². The van der Waals surface area contributed by atoms with Crippen molar-refractivity contribution < 1.29 is 39.2 Å². The molecule has 25 heavy (non-hydrogen) atoms. The predicted molar refractivity (Wildman–Crippen MR) is 82.0 cm³/mol. The first kappa shape index (κ1) is 18.3. The number of Topliss-reactive ketones (excluding diaryl/α,β-unsaturated/α-hetero) is 1. The van der Waals surface area contributed by atoms with Crippen LogP contribution in [0.4, 0.5) is 0 Å². The van der Waals surface area contributed by atoms with Crippen LogP contribution in [0, 0.1) is 16.7 Å². The van der Waals surface area contributed by atoms with Crippen molar-refractivity contribution in [2.24, 2.45) is 16.7 Å². The lowest BCUT2D eigenvalue weighted by Crippen LogP contribution is -2.82. The number of esters is 2.